The summed E-state index contributed by atoms with van der Waals surface area (Å²) in [6, 6.07) is 0.377. The molecule has 0 bridgehead atoms. The number of phenols is 1. The van der Waals surface area contributed by atoms with Gasteiger partial charge in [-0.2, -0.15) is 0 Å². The molecule has 16 heteroatoms. The standard InChI is InChI=1S/C41H61N7O9/c1-24(2)21-29(38(53)48-20-8-12-34(48)40(55)47-19-7-11-33(47)37(52)45-31(41(56)57)22-25(3)4)44-36(51)32-10-6-18-46(32)39(54)30(23-26-13-15-27(49)16-14-26)43-35(50)28-9-5-17-42-28/h13-16,24-25,28-34,42,49H,5-12,17-23H2,1-4H3,(H,43,50)(H,44,51)(H,45,52)(H,56,57)/t28-,29-,30-,31-,32-,33-,34-/m0/s1. The van der Waals surface area contributed by atoms with E-state index in [0.29, 0.717) is 71.1 Å². The number of carbonyl (C=O) groups excluding carboxylic acids is 6. The Morgan fingerprint density at radius 3 is 1.70 bits per heavy atom. The fourth-order valence-electron chi connectivity index (χ4n) is 8.66. The van der Waals surface area contributed by atoms with Crippen molar-refractivity contribution in [2.75, 3.05) is 26.2 Å². The number of hydrogen-bond acceptors (Lipinski definition) is 9. The molecule has 1 aromatic rings. The van der Waals surface area contributed by atoms with Crippen molar-refractivity contribution in [2.45, 2.75) is 141 Å². The van der Waals surface area contributed by atoms with Crippen LogP contribution in [0.15, 0.2) is 24.3 Å². The van der Waals surface area contributed by atoms with E-state index in [2.05, 4.69) is 21.3 Å². The van der Waals surface area contributed by atoms with E-state index in [0.717, 1.165) is 12.0 Å². The average molecular weight is 796 g/mol. The fraction of sp³-hybridized carbons (Fsp3) is 0.683. The maximum absolute atomic E-state index is 14.3. The highest BCUT2D eigenvalue weighted by atomic mass is 16.4. The molecule has 1 aromatic carbocycles. The third-order valence-corrected chi connectivity index (χ3v) is 11.5. The molecule has 0 unspecified atom stereocenters. The average Bonchev–Trinajstić information content (AvgIpc) is 4.00. The van der Waals surface area contributed by atoms with E-state index in [1.54, 1.807) is 12.1 Å². The fourth-order valence-corrected chi connectivity index (χ4v) is 8.66. The van der Waals surface area contributed by atoms with Gasteiger partial charge in [0.05, 0.1) is 6.04 Å². The smallest absolute Gasteiger partial charge is 0.326 e. The molecular formula is C41H61N7O9. The van der Waals surface area contributed by atoms with Gasteiger partial charge in [0.1, 0.15) is 42.0 Å². The minimum absolute atomic E-state index is 0.00825. The van der Waals surface area contributed by atoms with E-state index < -0.39 is 71.9 Å². The molecule has 0 spiro atoms. The number of hydrogen-bond donors (Lipinski definition) is 6. The molecule has 4 saturated heterocycles. The van der Waals surface area contributed by atoms with Gasteiger partial charge < -0.3 is 46.2 Å². The van der Waals surface area contributed by atoms with Gasteiger partial charge in [-0.3, -0.25) is 28.8 Å². The number of likely N-dealkylation sites (tertiary alicyclic amines) is 3. The molecule has 0 aliphatic carbocycles. The van der Waals surface area contributed by atoms with Crippen molar-refractivity contribution in [1.29, 1.82) is 0 Å². The topological polar surface area (TPSA) is 218 Å². The van der Waals surface area contributed by atoms with Crippen LogP contribution < -0.4 is 21.3 Å². The summed E-state index contributed by atoms with van der Waals surface area (Å²) in [7, 11) is 0. The molecule has 314 valence electrons. The van der Waals surface area contributed by atoms with Crippen LogP contribution in [0.5, 0.6) is 5.75 Å². The van der Waals surface area contributed by atoms with E-state index in [1.165, 1.54) is 26.8 Å². The van der Waals surface area contributed by atoms with Crippen LogP contribution in [0.1, 0.15) is 97.5 Å². The van der Waals surface area contributed by atoms with Crippen molar-refractivity contribution < 1.29 is 43.8 Å². The van der Waals surface area contributed by atoms with Crippen LogP contribution in [0.4, 0.5) is 0 Å². The lowest BCUT2D eigenvalue weighted by molar-refractivity contribution is -0.149. The number of carboxylic acids is 1. The van der Waals surface area contributed by atoms with Crippen molar-refractivity contribution >= 4 is 41.4 Å². The molecule has 0 aromatic heterocycles. The van der Waals surface area contributed by atoms with Crippen molar-refractivity contribution in [3.63, 3.8) is 0 Å². The molecule has 4 aliphatic rings. The van der Waals surface area contributed by atoms with Gasteiger partial charge in [-0.1, -0.05) is 39.8 Å². The second-order valence-electron chi connectivity index (χ2n) is 16.9. The van der Waals surface area contributed by atoms with Gasteiger partial charge in [0.2, 0.25) is 35.4 Å². The first-order chi connectivity index (χ1) is 27.1. The zero-order chi connectivity index (χ0) is 41.4. The lowest BCUT2D eigenvalue weighted by Crippen LogP contribution is -2.59. The molecule has 57 heavy (non-hydrogen) atoms. The Bertz CT molecular complexity index is 1630. The van der Waals surface area contributed by atoms with Crippen LogP contribution >= 0.6 is 0 Å². The molecule has 16 nitrogen and oxygen atoms in total. The van der Waals surface area contributed by atoms with Crippen molar-refractivity contribution in [2.24, 2.45) is 11.8 Å². The first kappa shape index (κ1) is 43.4. The van der Waals surface area contributed by atoms with Crippen LogP contribution in [0, 0.1) is 11.8 Å². The normalized spacial score (nSPS) is 23.7. The predicted octanol–water partition coefficient (Wildman–Crippen LogP) is 1.29. The van der Waals surface area contributed by atoms with E-state index >= 15 is 0 Å². The van der Waals surface area contributed by atoms with Gasteiger partial charge in [0, 0.05) is 26.1 Å². The second-order valence-corrected chi connectivity index (χ2v) is 16.9. The number of phenolic OH excluding ortho intramolecular Hbond substituents is 1. The van der Waals surface area contributed by atoms with E-state index in [9.17, 15) is 43.8 Å². The number of nitrogens with zero attached hydrogens (tertiary/aromatic N) is 3. The Morgan fingerprint density at radius 1 is 0.649 bits per heavy atom. The van der Waals surface area contributed by atoms with Crippen LogP contribution in [-0.2, 0) is 40.0 Å². The van der Waals surface area contributed by atoms with E-state index in [1.807, 2.05) is 27.7 Å². The number of carboxylic acid groups (broad SMARTS) is 1. The van der Waals surface area contributed by atoms with Crippen molar-refractivity contribution in [3.05, 3.63) is 29.8 Å². The molecular weight excluding hydrogens is 734 g/mol. The van der Waals surface area contributed by atoms with Crippen LogP contribution in [0.3, 0.4) is 0 Å². The zero-order valence-corrected chi connectivity index (χ0v) is 33.7. The highest BCUT2D eigenvalue weighted by Gasteiger charge is 2.45. The SMILES string of the molecule is CC(C)C[C@H](NC(=O)[C@@H]1CCCN1C(=O)[C@@H]1CCCN1C(=O)[C@H](CC(C)C)NC(=O)[C@@H]1CCCN1C(=O)[C@H](Cc1ccc(O)cc1)NC(=O)[C@@H]1CCCN1)C(=O)O. The van der Waals surface area contributed by atoms with Crippen LogP contribution in [-0.4, -0.2) is 135 Å². The van der Waals surface area contributed by atoms with Gasteiger partial charge in [0.25, 0.3) is 0 Å². The van der Waals surface area contributed by atoms with Crippen LogP contribution in [0.2, 0.25) is 0 Å². The first-order valence-corrected chi connectivity index (χ1v) is 20.7. The third kappa shape index (κ3) is 11.0. The minimum Gasteiger partial charge on any atom is -0.508 e. The van der Waals surface area contributed by atoms with Crippen molar-refractivity contribution in [3.8, 4) is 5.75 Å². The molecule has 5 rings (SSSR count). The number of aliphatic carboxylic acids is 1. The predicted molar refractivity (Wildman–Crippen MR) is 209 cm³/mol. The Hall–Kier alpha value is -4.73. The molecule has 0 radical (unpaired) electrons. The summed E-state index contributed by atoms with van der Waals surface area (Å²) in [4.78, 5) is 99.6. The summed E-state index contributed by atoms with van der Waals surface area (Å²) in [6.45, 7) is 9.19. The van der Waals surface area contributed by atoms with Gasteiger partial charge in [0.15, 0.2) is 0 Å². The molecule has 4 heterocycles. The lowest BCUT2D eigenvalue weighted by Gasteiger charge is -2.34. The quantitative estimate of drug-likeness (QED) is 0.141. The first-order valence-electron chi connectivity index (χ1n) is 20.7. The van der Waals surface area contributed by atoms with Crippen LogP contribution in [0.25, 0.3) is 0 Å². The maximum atomic E-state index is 14.3. The summed E-state index contributed by atoms with van der Waals surface area (Å²) in [5.74, 6) is -3.53. The lowest BCUT2D eigenvalue weighted by atomic mass is 10.0. The summed E-state index contributed by atoms with van der Waals surface area (Å²) in [5.41, 5.74) is 0.722. The monoisotopic (exact) mass is 795 g/mol. The second kappa shape index (κ2) is 19.6. The van der Waals surface area contributed by atoms with Gasteiger partial charge in [-0.05, 0) is 100 Å². The van der Waals surface area contributed by atoms with Gasteiger partial charge in [-0.25, -0.2) is 4.79 Å². The summed E-state index contributed by atoms with van der Waals surface area (Å²) in [5, 5.41) is 31.1. The summed E-state index contributed by atoms with van der Waals surface area (Å²) < 4.78 is 0. The number of amides is 6. The number of aromatic hydroxyl groups is 1. The molecule has 4 aliphatic heterocycles. The molecule has 0 saturated carbocycles. The summed E-state index contributed by atoms with van der Waals surface area (Å²) >= 11 is 0. The number of nitrogens with one attached hydrogen (secondary N) is 4. The number of carbonyl (C=O) groups is 7. The van der Waals surface area contributed by atoms with Crippen molar-refractivity contribution in [1.82, 2.24) is 36.0 Å². The van der Waals surface area contributed by atoms with Gasteiger partial charge in [-0.15, -0.1) is 0 Å². The van der Waals surface area contributed by atoms with E-state index in [4.69, 9.17) is 0 Å². The molecule has 4 fully saturated rings. The molecule has 6 amide bonds. The Kier molecular flexibility index (Phi) is 14.9. The Morgan fingerprint density at radius 2 is 1.14 bits per heavy atom. The number of rotatable bonds is 16. The van der Waals surface area contributed by atoms with Gasteiger partial charge >= 0.3 is 5.97 Å². The largest absolute Gasteiger partial charge is 0.508 e. The summed E-state index contributed by atoms with van der Waals surface area (Å²) in [6.07, 6.45) is 4.98. The highest BCUT2D eigenvalue weighted by Crippen LogP contribution is 2.27. The highest BCUT2D eigenvalue weighted by molar-refractivity contribution is 5.97. The maximum Gasteiger partial charge on any atom is 0.326 e. The van der Waals surface area contributed by atoms with E-state index in [-0.39, 0.29) is 48.7 Å². The third-order valence-electron chi connectivity index (χ3n) is 11.5. The number of benzene rings is 1. The molecule has 7 atom stereocenters. The molecule has 6 N–H and O–H groups in total. The minimum atomic E-state index is -1.14. The Labute approximate surface area is 334 Å². The zero-order valence-electron chi connectivity index (χ0n) is 33.7. The Balaban J connectivity index is 1.28.